The van der Waals surface area contributed by atoms with Crippen LogP contribution in [0.15, 0.2) is 54.6 Å². The molecule has 0 amide bonds. The van der Waals surface area contributed by atoms with Gasteiger partial charge in [-0.15, -0.1) is 0 Å². The second kappa shape index (κ2) is 12.5. The third kappa shape index (κ3) is 7.06. The lowest BCUT2D eigenvalue weighted by Crippen LogP contribution is -2.15. The molecule has 1 fully saturated rings. The highest BCUT2D eigenvalue weighted by molar-refractivity contribution is 5.70. The van der Waals surface area contributed by atoms with Crippen molar-refractivity contribution in [1.29, 1.82) is 0 Å². The van der Waals surface area contributed by atoms with Crippen molar-refractivity contribution in [3.05, 3.63) is 77.4 Å². The first-order valence-corrected chi connectivity index (χ1v) is 13.1. The van der Waals surface area contributed by atoms with Gasteiger partial charge in [0.1, 0.15) is 11.5 Å². The zero-order valence-electron chi connectivity index (χ0n) is 21.4. The molecule has 0 spiro atoms. The van der Waals surface area contributed by atoms with E-state index in [1.807, 2.05) is 12.1 Å². The fourth-order valence-electron chi connectivity index (χ4n) is 5.36. The van der Waals surface area contributed by atoms with Gasteiger partial charge in [0.05, 0.1) is 0 Å². The molecular formula is C31H34F4O2. The summed E-state index contributed by atoms with van der Waals surface area (Å²) < 4.78 is 63.9. The Bertz CT molecular complexity index is 1150. The maximum atomic E-state index is 14.7. The molecule has 0 atom stereocenters. The first-order valence-electron chi connectivity index (χ1n) is 13.1. The van der Waals surface area contributed by atoms with Crippen molar-refractivity contribution < 1.29 is 27.0 Å². The topological polar surface area (TPSA) is 18.5 Å². The normalized spacial score (nSPS) is 17.7. The Morgan fingerprint density at radius 1 is 0.838 bits per heavy atom. The van der Waals surface area contributed by atoms with E-state index in [2.05, 4.69) is 23.8 Å². The van der Waals surface area contributed by atoms with Gasteiger partial charge < -0.3 is 9.47 Å². The minimum Gasteiger partial charge on any atom is -0.454 e. The van der Waals surface area contributed by atoms with Crippen LogP contribution in [0.25, 0.3) is 11.1 Å². The van der Waals surface area contributed by atoms with Crippen molar-refractivity contribution in [2.45, 2.75) is 71.8 Å². The summed E-state index contributed by atoms with van der Waals surface area (Å²) in [5, 5.41) is 0. The van der Waals surface area contributed by atoms with E-state index in [0.29, 0.717) is 11.1 Å². The van der Waals surface area contributed by atoms with Crippen LogP contribution in [0.5, 0.6) is 17.2 Å². The summed E-state index contributed by atoms with van der Waals surface area (Å²) >= 11 is 0. The lowest BCUT2D eigenvalue weighted by atomic mass is 9.78. The third-order valence-electron chi connectivity index (χ3n) is 7.46. The molecule has 3 aromatic rings. The highest BCUT2D eigenvalue weighted by atomic mass is 19.3. The fraction of sp³-hybridized carbons (Fsp3) is 0.419. The molecule has 0 unspecified atom stereocenters. The van der Waals surface area contributed by atoms with Gasteiger partial charge in [-0.25, -0.2) is 4.39 Å². The van der Waals surface area contributed by atoms with Crippen molar-refractivity contribution in [1.82, 2.24) is 0 Å². The fourth-order valence-corrected chi connectivity index (χ4v) is 5.36. The lowest BCUT2D eigenvalue weighted by Gasteiger charge is -2.28. The van der Waals surface area contributed by atoms with Crippen LogP contribution < -0.4 is 9.47 Å². The standard InChI is InChI=1S/C31H34F4O2/c1-3-4-21-5-7-22(8-6-21)9-10-23-11-13-24(14-12-23)27-19-28(32)29(33)30(20(27)2)36-25-15-17-26(18-16-25)37-31(34)35/h11-19,21-22,31H,3-10H2,1-2H3/t21-,22-. The van der Waals surface area contributed by atoms with Crippen LogP contribution in [0.3, 0.4) is 0 Å². The zero-order valence-corrected chi connectivity index (χ0v) is 21.4. The molecule has 1 saturated carbocycles. The van der Waals surface area contributed by atoms with Gasteiger partial charge in [-0.1, -0.05) is 69.7 Å². The third-order valence-corrected chi connectivity index (χ3v) is 7.46. The van der Waals surface area contributed by atoms with Crippen LogP contribution in [0, 0.1) is 30.4 Å². The monoisotopic (exact) mass is 514 g/mol. The maximum Gasteiger partial charge on any atom is 0.387 e. The van der Waals surface area contributed by atoms with Gasteiger partial charge in [-0.3, -0.25) is 0 Å². The Kier molecular flexibility index (Phi) is 9.12. The summed E-state index contributed by atoms with van der Waals surface area (Å²) in [6, 6.07) is 14.5. The van der Waals surface area contributed by atoms with Gasteiger partial charge in [-0.05, 0) is 78.6 Å². The number of hydrogen-bond acceptors (Lipinski definition) is 2. The first-order chi connectivity index (χ1) is 17.8. The molecule has 0 aliphatic heterocycles. The lowest BCUT2D eigenvalue weighted by molar-refractivity contribution is -0.0498. The molecule has 2 nitrogen and oxygen atoms in total. The highest BCUT2D eigenvalue weighted by Crippen LogP contribution is 2.38. The van der Waals surface area contributed by atoms with E-state index in [4.69, 9.17) is 4.74 Å². The van der Waals surface area contributed by atoms with E-state index in [9.17, 15) is 17.6 Å². The summed E-state index contributed by atoms with van der Waals surface area (Å²) in [7, 11) is 0. The summed E-state index contributed by atoms with van der Waals surface area (Å²) in [4.78, 5) is 0. The second-order valence-corrected chi connectivity index (χ2v) is 10.0. The van der Waals surface area contributed by atoms with Crippen LogP contribution in [0.4, 0.5) is 17.6 Å². The average Bonchev–Trinajstić information content (AvgIpc) is 2.89. The van der Waals surface area contributed by atoms with Crippen LogP contribution in [-0.2, 0) is 6.42 Å². The largest absolute Gasteiger partial charge is 0.454 e. The van der Waals surface area contributed by atoms with E-state index in [-0.39, 0.29) is 17.2 Å². The molecular weight excluding hydrogens is 480 g/mol. The maximum absolute atomic E-state index is 14.7. The molecule has 1 aliphatic carbocycles. The van der Waals surface area contributed by atoms with Crippen molar-refractivity contribution >= 4 is 0 Å². The molecule has 0 saturated heterocycles. The number of aryl methyl sites for hydroxylation is 1. The minimum absolute atomic E-state index is 0.0521. The van der Waals surface area contributed by atoms with E-state index in [0.717, 1.165) is 23.8 Å². The predicted molar refractivity (Wildman–Crippen MR) is 138 cm³/mol. The van der Waals surface area contributed by atoms with Crippen molar-refractivity contribution in [3.63, 3.8) is 0 Å². The van der Waals surface area contributed by atoms with E-state index >= 15 is 0 Å². The van der Waals surface area contributed by atoms with E-state index < -0.39 is 18.2 Å². The van der Waals surface area contributed by atoms with Crippen LogP contribution in [-0.4, -0.2) is 6.61 Å². The number of benzene rings is 3. The SMILES string of the molecule is CCC[C@H]1CC[C@H](CCc2ccc(-c3cc(F)c(F)c(Oc4ccc(OC(F)F)cc4)c3C)cc2)CC1. The Balaban J connectivity index is 1.44. The van der Waals surface area contributed by atoms with Crippen molar-refractivity contribution in [2.24, 2.45) is 11.8 Å². The van der Waals surface area contributed by atoms with E-state index in [1.165, 1.54) is 80.8 Å². The average molecular weight is 515 g/mol. The van der Waals surface area contributed by atoms with Crippen LogP contribution in [0.2, 0.25) is 0 Å². The summed E-state index contributed by atoms with van der Waals surface area (Å²) in [5.41, 5.74) is 2.99. The molecule has 0 radical (unpaired) electrons. The number of rotatable bonds is 10. The molecule has 0 heterocycles. The molecule has 0 bridgehead atoms. The van der Waals surface area contributed by atoms with Crippen molar-refractivity contribution in [2.75, 3.05) is 0 Å². The van der Waals surface area contributed by atoms with Crippen molar-refractivity contribution in [3.8, 4) is 28.4 Å². The summed E-state index contributed by atoms with van der Waals surface area (Å²) in [6.07, 6.45) is 10.2. The quantitative estimate of drug-likeness (QED) is 0.251. The smallest absolute Gasteiger partial charge is 0.387 e. The van der Waals surface area contributed by atoms with Gasteiger partial charge in [-0.2, -0.15) is 13.2 Å². The molecule has 0 aromatic heterocycles. The molecule has 6 heteroatoms. The number of halogens is 4. The first kappa shape index (κ1) is 27.0. The second-order valence-electron chi connectivity index (χ2n) is 10.0. The van der Waals surface area contributed by atoms with E-state index in [1.54, 1.807) is 6.92 Å². The van der Waals surface area contributed by atoms with Gasteiger partial charge in [0, 0.05) is 5.56 Å². The number of alkyl halides is 2. The Labute approximate surface area is 216 Å². The van der Waals surface area contributed by atoms with Gasteiger partial charge in [0.2, 0.25) is 5.82 Å². The number of ether oxygens (including phenoxy) is 2. The molecule has 198 valence electrons. The Morgan fingerprint density at radius 3 is 2.03 bits per heavy atom. The van der Waals surface area contributed by atoms with Gasteiger partial charge >= 0.3 is 6.61 Å². The minimum atomic E-state index is -2.95. The zero-order chi connectivity index (χ0) is 26.4. The summed E-state index contributed by atoms with van der Waals surface area (Å²) in [6.45, 7) is 0.986. The van der Waals surface area contributed by atoms with Crippen LogP contribution >= 0.6 is 0 Å². The molecule has 0 N–H and O–H groups in total. The molecule has 37 heavy (non-hydrogen) atoms. The molecule has 1 aliphatic rings. The summed E-state index contributed by atoms with van der Waals surface area (Å²) in [5.74, 6) is -0.525. The predicted octanol–water partition coefficient (Wildman–Crippen LogP) is 9.87. The highest BCUT2D eigenvalue weighted by Gasteiger charge is 2.21. The molecule has 4 rings (SSSR count). The van der Waals surface area contributed by atoms with Crippen LogP contribution in [0.1, 0.15) is 63.0 Å². The Morgan fingerprint density at radius 2 is 1.43 bits per heavy atom. The number of hydrogen-bond donors (Lipinski definition) is 0. The molecule has 3 aromatic carbocycles. The van der Waals surface area contributed by atoms with Gasteiger partial charge in [0.15, 0.2) is 11.6 Å². The van der Waals surface area contributed by atoms with Gasteiger partial charge in [0.25, 0.3) is 0 Å². The Hall–Kier alpha value is -3.02.